The largest absolute Gasteiger partial charge is 0.455 e. The lowest BCUT2D eigenvalue weighted by Gasteiger charge is -2.21. The van der Waals surface area contributed by atoms with Gasteiger partial charge < -0.3 is 9.47 Å². The molecule has 0 aromatic rings. The van der Waals surface area contributed by atoms with Crippen molar-refractivity contribution in [2.24, 2.45) is 17.8 Å². The van der Waals surface area contributed by atoms with Gasteiger partial charge in [0.25, 0.3) is 0 Å². The van der Waals surface area contributed by atoms with E-state index in [1.54, 1.807) is 0 Å². The molecule has 0 aromatic carbocycles. The number of hydrogen-bond acceptors (Lipinski definition) is 3. The van der Waals surface area contributed by atoms with Crippen LogP contribution in [0.3, 0.4) is 0 Å². The van der Waals surface area contributed by atoms with E-state index in [0.717, 1.165) is 18.9 Å². The quantitative estimate of drug-likeness (QED) is 0.272. The van der Waals surface area contributed by atoms with Crippen LogP contribution in [0.5, 0.6) is 0 Å². The van der Waals surface area contributed by atoms with Gasteiger partial charge in [-0.3, -0.25) is 5.41 Å². The van der Waals surface area contributed by atoms with Crippen molar-refractivity contribution in [2.45, 2.75) is 60.3 Å². The van der Waals surface area contributed by atoms with Crippen LogP contribution in [0.2, 0.25) is 0 Å². The maximum Gasteiger partial charge on any atom is 0.190 e. The standard InChI is InChI=1S/C15H31NO2/c1-6-7-15(16)18-11-17-10-14(13(4)5)9-8-12(2)3/h12-14,16H,6-11H2,1-5H3. The van der Waals surface area contributed by atoms with E-state index in [0.29, 0.717) is 24.2 Å². The predicted octanol–water partition coefficient (Wildman–Crippen LogP) is 4.46. The predicted molar refractivity (Wildman–Crippen MR) is 76.9 cm³/mol. The SMILES string of the molecule is CCCC(=N)OCOCC(CCC(C)C)C(C)C. The molecule has 3 heteroatoms. The van der Waals surface area contributed by atoms with E-state index in [1.165, 1.54) is 12.8 Å². The highest BCUT2D eigenvalue weighted by Gasteiger charge is 2.14. The highest BCUT2D eigenvalue weighted by molar-refractivity contribution is 5.72. The topological polar surface area (TPSA) is 42.3 Å². The van der Waals surface area contributed by atoms with Gasteiger partial charge in [0.1, 0.15) is 0 Å². The molecular weight excluding hydrogens is 226 g/mol. The lowest BCUT2D eigenvalue weighted by Crippen LogP contribution is -2.18. The molecule has 0 saturated heterocycles. The molecule has 0 aliphatic heterocycles. The molecule has 0 radical (unpaired) electrons. The summed E-state index contributed by atoms with van der Waals surface area (Å²) in [5.41, 5.74) is 0. The highest BCUT2D eigenvalue weighted by atomic mass is 16.7. The van der Waals surface area contributed by atoms with Crippen molar-refractivity contribution < 1.29 is 9.47 Å². The fraction of sp³-hybridized carbons (Fsp3) is 0.933. The Labute approximate surface area is 113 Å². The van der Waals surface area contributed by atoms with Gasteiger partial charge >= 0.3 is 0 Å². The summed E-state index contributed by atoms with van der Waals surface area (Å²) in [6.07, 6.45) is 4.10. The summed E-state index contributed by atoms with van der Waals surface area (Å²) >= 11 is 0. The molecule has 1 unspecified atom stereocenters. The molecular formula is C15H31NO2. The molecule has 0 aliphatic carbocycles. The maximum absolute atomic E-state index is 7.49. The van der Waals surface area contributed by atoms with Crippen LogP contribution in [0, 0.1) is 23.2 Å². The van der Waals surface area contributed by atoms with Gasteiger partial charge in [-0.05, 0) is 30.6 Å². The fourth-order valence-electron chi connectivity index (χ4n) is 1.77. The Kier molecular flexibility index (Phi) is 10.0. The van der Waals surface area contributed by atoms with Crippen LogP contribution in [0.1, 0.15) is 60.3 Å². The van der Waals surface area contributed by atoms with Crippen molar-refractivity contribution in [3.63, 3.8) is 0 Å². The highest BCUT2D eigenvalue weighted by Crippen LogP contribution is 2.20. The zero-order valence-corrected chi connectivity index (χ0v) is 12.8. The number of ether oxygens (including phenoxy) is 2. The van der Waals surface area contributed by atoms with Crippen molar-refractivity contribution in [3.05, 3.63) is 0 Å². The Morgan fingerprint density at radius 1 is 1.11 bits per heavy atom. The van der Waals surface area contributed by atoms with Crippen LogP contribution in [-0.2, 0) is 9.47 Å². The van der Waals surface area contributed by atoms with Gasteiger partial charge in [0.15, 0.2) is 12.7 Å². The molecule has 0 aliphatic rings. The van der Waals surface area contributed by atoms with Crippen molar-refractivity contribution in [3.8, 4) is 0 Å². The Bertz CT molecular complexity index is 215. The van der Waals surface area contributed by atoms with Crippen LogP contribution >= 0.6 is 0 Å². The Balaban J connectivity index is 3.73. The Morgan fingerprint density at radius 3 is 2.28 bits per heavy atom. The summed E-state index contributed by atoms with van der Waals surface area (Å²) in [7, 11) is 0. The Morgan fingerprint density at radius 2 is 1.78 bits per heavy atom. The van der Waals surface area contributed by atoms with E-state index in [1.807, 2.05) is 6.92 Å². The molecule has 0 spiro atoms. The summed E-state index contributed by atoms with van der Waals surface area (Å²) in [6, 6.07) is 0. The average Bonchev–Trinajstić information content (AvgIpc) is 2.27. The molecule has 0 bridgehead atoms. The van der Waals surface area contributed by atoms with Crippen LogP contribution in [-0.4, -0.2) is 19.3 Å². The number of rotatable bonds is 10. The monoisotopic (exact) mass is 257 g/mol. The van der Waals surface area contributed by atoms with Crippen molar-refractivity contribution in [1.29, 1.82) is 5.41 Å². The first kappa shape index (κ1) is 17.4. The van der Waals surface area contributed by atoms with E-state index >= 15 is 0 Å². The maximum atomic E-state index is 7.49. The second-order valence-electron chi connectivity index (χ2n) is 5.78. The zero-order valence-electron chi connectivity index (χ0n) is 12.8. The van der Waals surface area contributed by atoms with E-state index in [9.17, 15) is 0 Å². The first-order chi connectivity index (χ1) is 8.47. The van der Waals surface area contributed by atoms with E-state index in [-0.39, 0.29) is 6.79 Å². The third-order valence-corrected chi connectivity index (χ3v) is 3.18. The summed E-state index contributed by atoms with van der Waals surface area (Å²) in [4.78, 5) is 0. The van der Waals surface area contributed by atoms with E-state index < -0.39 is 0 Å². The Hall–Kier alpha value is -0.570. The van der Waals surface area contributed by atoms with Gasteiger partial charge in [-0.25, -0.2) is 0 Å². The van der Waals surface area contributed by atoms with Gasteiger partial charge in [0.05, 0.1) is 6.61 Å². The molecule has 3 nitrogen and oxygen atoms in total. The molecule has 1 N–H and O–H groups in total. The molecule has 0 aromatic heterocycles. The minimum absolute atomic E-state index is 0.226. The molecule has 1 atom stereocenters. The molecule has 18 heavy (non-hydrogen) atoms. The minimum atomic E-state index is 0.226. The number of nitrogens with one attached hydrogen (secondary N) is 1. The summed E-state index contributed by atoms with van der Waals surface area (Å²) < 4.78 is 10.7. The second kappa shape index (κ2) is 10.4. The smallest absolute Gasteiger partial charge is 0.190 e. The minimum Gasteiger partial charge on any atom is -0.455 e. The second-order valence-corrected chi connectivity index (χ2v) is 5.78. The van der Waals surface area contributed by atoms with Crippen molar-refractivity contribution in [2.75, 3.05) is 13.4 Å². The zero-order chi connectivity index (χ0) is 14.0. The van der Waals surface area contributed by atoms with Crippen LogP contribution < -0.4 is 0 Å². The van der Waals surface area contributed by atoms with Gasteiger partial charge in [-0.2, -0.15) is 0 Å². The summed E-state index contributed by atoms with van der Waals surface area (Å²) in [5.74, 6) is 2.32. The third kappa shape index (κ3) is 9.46. The van der Waals surface area contributed by atoms with Crippen molar-refractivity contribution >= 4 is 5.90 Å². The molecule has 0 amide bonds. The average molecular weight is 257 g/mol. The molecule has 0 fully saturated rings. The van der Waals surface area contributed by atoms with Crippen LogP contribution in [0.25, 0.3) is 0 Å². The van der Waals surface area contributed by atoms with E-state index in [4.69, 9.17) is 14.9 Å². The molecule has 0 saturated carbocycles. The molecule has 0 rings (SSSR count). The van der Waals surface area contributed by atoms with Gasteiger partial charge in [-0.15, -0.1) is 0 Å². The lowest BCUT2D eigenvalue weighted by molar-refractivity contribution is -0.0202. The molecule has 0 heterocycles. The van der Waals surface area contributed by atoms with E-state index in [2.05, 4.69) is 27.7 Å². The van der Waals surface area contributed by atoms with Crippen LogP contribution in [0.4, 0.5) is 0 Å². The summed E-state index contributed by atoms with van der Waals surface area (Å²) in [6.45, 7) is 12.0. The van der Waals surface area contributed by atoms with Gasteiger partial charge in [-0.1, -0.05) is 41.0 Å². The molecule has 108 valence electrons. The fourth-order valence-corrected chi connectivity index (χ4v) is 1.77. The van der Waals surface area contributed by atoms with Gasteiger partial charge in [0.2, 0.25) is 0 Å². The normalized spacial score (nSPS) is 13.1. The third-order valence-electron chi connectivity index (χ3n) is 3.18. The number of hydrogen-bond donors (Lipinski definition) is 1. The first-order valence-corrected chi connectivity index (χ1v) is 7.25. The van der Waals surface area contributed by atoms with Crippen LogP contribution in [0.15, 0.2) is 0 Å². The van der Waals surface area contributed by atoms with Crippen molar-refractivity contribution in [1.82, 2.24) is 0 Å². The first-order valence-electron chi connectivity index (χ1n) is 7.25. The van der Waals surface area contributed by atoms with Gasteiger partial charge in [0, 0.05) is 6.42 Å². The summed E-state index contributed by atoms with van der Waals surface area (Å²) in [5, 5.41) is 7.49. The lowest BCUT2D eigenvalue weighted by atomic mass is 9.89.